The second kappa shape index (κ2) is 3.03. The van der Waals surface area contributed by atoms with Gasteiger partial charge in [0, 0.05) is 0 Å². The summed E-state index contributed by atoms with van der Waals surface area (Å²) in [6.07, 6.45) is -0.595. The van der Waals surface area contributed by atoms with Crippen molar-refractivity contribution in [1.82, 2.24) is 0 Å². The first-order valence-electron chi connectivity index (χ1n) is 2.22. The zero-order valence-corrected chi connectivity index (χ0v) is 4.53. The molecule has 0 aromatic carbocycles. The number of carboxylic acids is 1. The van der Waals surface area contributed by atoms with Crippen molar-refractivity contribution >= 4 is 11.9 Å². The van der Waals surface area contributed by atoms with E-state index in [2.05, 4.69) is 0 Å². The molecule has 5 nitrogen and oxygen atoms in total. The van der Waals surface area contributed by atoms with Gasteiger partial charge in [0.25, 0.3) is 0 Å². The molecule has 0 rings (SSSR count). The van der Waals surface area contributed by atoms with Crippen LogP contribution in [0.3, 0.4) is 0 Å². The Labute approximate surface area is 51.1 Å². The third-order valence-electron chi connectivity index (χ3n) is 0.697. The molecule has 3 N–H and O–H groups in total. The topological polar surface area (TPSA) is 100 Å². The first-order valence-corrected chi connectivity index (χ1v) is 2.22. The van der Waals surface area contributed by atoms with Gasteiger partial charge in [-0.3, -0.25) is 4.79 Å². The Hall–Kier alpha value is -1.10. The van der Waals surface area contributed by atoms with E-state index in [4.69, 9.17) is 10.8 Å². The highest BCUT2D eigenvalue weighted by molar-refractivity contribution is 5.79. The maximum absolute atomic E-state index is 9.74. The van der Waals surface area contributed by atoms with E-state index in [1.807, 2.05) is 0 Å². The lowest BCUT2D eigenvalue weighted by Gasteiger charge is -1.96. The molecule has 5 heteroatoms. The second-order valence-electron chi connectivity index (χ2n) is 1.52. The van der Waals surface area contributed by atoms with Crippen LogP contribution in [-0.4, -0.2) is 23.1 Å². The molecule has 0 amide bonds. The van der Waals surface area contributed by atoms with Crippen LogP contribution < -0.4 is 5.73 Å². The van der Waals surface area contributed by atoms with E-state index < -0.39 is 24.4 Å². The Morgan fingerprint density at radius 3 is 2.11 bits per heavy atom. The number of carbonyl (C=O) groups excluding carboxylic acids is 1. The van der Waals surface area contributed by atoms with Gasteiger partial charge in [0.15, 0.2) is 0 Å². The highest BCUT2D eigenvalue weighted by Crippen LogP contribution is 1.86. The first kappa shape index (κ1) is 7.90. The van der Waals surface area contributed by atoms with Gasteiger partial charge in [0.1, 0.15) is 6.04 Å². The van der Waals surface area contributed by atoms with Crippen LogP contribution in [0.5, 0.6) is 0 Å². The summed E-state index contributed by atoms with van der Waals surface area (Å²) in [5.74, 6) is -2.79. The predicted octanol–water partition coefficient (Wildman–Crippen LogP) is -1.25. The van der Waals surface area contributed by atoms with Crippen molar-refractivity contribution in [2.24, 2.45) is 5.73 Å². The summed E-state index contributed by atoms with van der Waals surface area (Å²) in [4.78, 5) is 19.5. The lowest BCUT2D eigenvalue weighted by Crippen LogP contribution is -2.31. The monoisotopic (exact) mass is 132 g/mol. The quantitative estimate of drug-likeness (QED) is 0.500. The Morgan fingerprint density at radius 1 is 1.56 bits per heavy atom. The number of hydrogen-bond donors (Lipinski definition) is 2. The minimum atomic E-state index is -1.54. The lowest BCUT2D eigenvalue weighted by molar-refractivity contribution is -0.149. The van der Waals surface area contributed by atoms with Crippen LogP contribution in [-0.2, 0) is 14.7 Å². The van der Waals surface area contributed by atoms with Gasteiger partial charge in [-0.2, -0.15) is 0 Å². The largest absolute Gasteiger partial charge is 0.481 e. The van der Waals surface area contributed by atoms with Gasteiger partial charge in [0.2, 0.25) is 0 Å². The van der Waals surface area contributed by atoms with Gasteiger partial charge < -0.3 is 10.8 Å². The first-order chi connectivity index (χ1) is 4.04. The predicted molar refractivity (Wildman–Crippen MR) is 25.9 cm³/mol. The van der Waals surface area contributed by atoms with E-state index in [1.165, 1.54) is 0 Å². The summed E-state index contributed by atoms with van der Waals surface area (Å²) in [5, 5.41) is 17.7. The fourth-order valence-corrected chi connectivity index (χ4v) is 0.271. The Balaban J connectivity index is 3.63. The minimum absolute atomic E-state index is 0.595. The minimum Gasteiger partial charge on any atom is -0.481 e. The number of hydrogen-bond acceptors (Lipinski definition) is 3. The summed E-state index contributed by atoms with van der Waals surface area (Å²) in [6.45, 7) is 0. The lowest BCUT2D eigenvalue weighted by atomic mass is 10.2. The van der Waals surface area contributed by atoms with Crippen molar-refractivity contribution in [3.63, 3.8) is 0 Å². The van der Waals surface area contributed by atoms with Gasteiger partial charge >= 0.3 is 11.9 Å². The summed E-state index contributed by atoms with van der Waals surface area (Å²) < 4.78 is 0. The van der Waals surface area contributed by atoms with E-state index in [0.717, 1.165) is 0 Å². The maximum Gasteiger partial charge on any atom is 0.372 e. The number of aliphatic carboxylic acids is 1. The smallest absolute Gasteiger partial charge is 0.372 e. The van der Waals surface area contributed by atoms with Crippen LogP contribution in [0.15, 0.2) is 0 Å². The van der Waals surface area contributed by atoms with E-state index in [-0.39, 0.29) is 0 Å². The van der Waals surface area contributed by atoms with Crippen LogP contribution in [0, 0.1) is 0 Å². The van der Waals surface area contributed by atoms with Gasteiger partial charge in [-0.05, 0) is 0 Å². The molecule has 1 radical (unpaired) electrons. The molecule has 51 valence electrons. The molecule has 0 aromatic rings. The van der Waals surface area contributed by atoms with Crippen LogP contribution in [0.4, 0.5) is 0 Å². The van der Waals surface area contributed by atoms with Crippen molar-refractivity contribution in [1.29, 1.82) is 0 Å². The van der Waals surface area contributed by atoms with Gasteiger partial charge in [-0.1, -0.05) is 0 Å². The van der Waals surface area contributed by atoms with Crippen LogP contribution >= 0.6 is 0 Å². The molecule has 1 atom stereocenters. The molecular weight excluding hydrogens is 126 g/mol. The summed E-state index contributed by atoms with van der Waals surface area (Å²) in [6, 6.07) is -1.40. The summed E-state index contributed by atoms with van der Waals surface area (Å²) in [5.41, 5.74) is 4.77. The Bertz CT molecular complexity index is 133. The fourth-order valence-electron chi connectivity index (χ4n) is 0.271. The Morgan fingerprint density at radius 2 is 2.00 bits per heavy atom. The highest BCUT2D eigenvalue weighted by atomic mass is 16.4. The molecule has 0 aliphatic carbocycles. The van der Waals surface area contributed by atoms with Crippen LogP contribution in [0.2, 0.25) is 0 Å². The summed E-state index contributed by atoms with van der Waals surface area (Å²) in [7, 11) is 0. The van der Waals surface area contributed by atoms with Crippen molar-refractivity contribution in [3.05, 3.63) is 0 Å². The van der Waals surface area contributed by atoms with Crippen molar-refractivity contribution in [3.8, 4) is 0 Å². The van der Waals surface area contributed by atoms with E-state index in [0.29, 0.717) is 0 Å². The molecule has 0 unspecified atom stereocenters. The zero-order chi connectivity index (χ0) is 7.44. The molecule has 0 saturated heterocycles. The second-order valence-corrected chi connectivity index (χ2v) is 1.52. The molecule has 0 aliphatic rings. The van der Waals surface area contributed by atoms with Gasteiger partial charge in [0.05, 0.1) is 6.42 Å². The van der Waals surface area contributed by atoms with E-state index in [1.54, 1.807) is 0 Å². The SMILES string of the molecule is N[C@H](CC(=O)O)C([O])=O. The number of carboxylic acid groups (broad SMARTS) is 1. The molecule has 0 spiro atoms. The number of rotatable bonds is 3. The van der Waals surface area contributed by atoms with E-state index >= 15 is 0 Å². The molecule has 0 fully saturated rings. The third kappa shape index (κ3) is 3.48. The van der Waals surface area contributed by atoms with Gasteiger partial charge in [-0.15, -0.1) is 0 Å². The molecule has 0 heterocycles. The average molecular weight is 132 g/mol. The average Bonchev–Trinajstić information content (AvgIpc) is 1.63. The summed E-state index contributed by atoms with van der Waals surface area (Å²) >= 11 is 0. The third-order valence-corrected chi connectivity index (χ3v) is 0.697. The Kier molecular flexibility index (Phi) is 2.66. The van der Waals surface area contributed by atoms with Crippen molar-refractivity contribution < 1.29 is 19.8 Å². The maximum atomic E-state index is 9.74. The number of carbonyl (C=O) groups is 2. The fraction of sp³-hybridized carbons (Fsp3) is 0.500. The standard InChI is InChI=1S/C4H6NO4/c5-2(4(8)9)1-3(6)7/h2H,1,5H2,(H,6,7)/t2-/m1/s1. The molecule has 0 aliphatic heterocycles. The molecular formula is C4H6NO4. The molecule has 0 aromatic heterocycles. The van der Waals surface area contributed by atoms with Crippen molar-refractivity contribution in [2.75, 3.05) is 0 Å². The van der Waals surface area contributed by atoms with Crippen molar-refractivity contribution in [2.45, 2.75) is 12.5 Å². The van der Waals surface area contributed by atoms with Crippen LogP contribution in [0.1, 0.15) is 6.42 Å². The van der Waals surface area contributed by atoms with Crippen LogP contribution in [0.25, 0.3) is 0 Å². The van der Waals surface area contributed by atoms with E-state index in [9.17, 15) is 14.7 Å². The highest BCUT2D eigenvalue weighted by Gasteiger charge is 2.16. The van der Waals surface area contributed by atoms with Gasteiger partial charge in [-0.25, -0.2) is 9.90 Å². The molecule has 0 bridgehead atoms. The zero-order valence-electron chi connectivity index (χ0n) is 4.53. The molecule has 9 heavy (non-hydrogen) atoms. The normalized spacial score (nSPS) is 12.6. The molecule has 0 saturated carbocycles. The number of nitrogens with two attached hydrogens (primary N) is 1.